The smallest absolute Gasteiger partial charge is 0.231 e. The fourth-order valence-electron chi connectivity index (χ4n) is 2.75. The second kappa shape index (κ2) is 4.90. The molecule has 0 unspecified atom stereocenters. The highest BCUT2D eigenvalue weighted by molar-refractivity contribution is 5.51. The molecule has 19 heavy (non-hydrogen) atoms. The van der Waals surface area contributed by atoms with Crippen LogP contribution < -0.4 is 9.47 Å². The molecule has 2 aliphatic rings. The fraction of sp³-hybridized carbons (Fsp3) is 0.571. The maximum atomic E-state index is 10.0. The van der Waals surface area contributed by atoms with Crippen LogP contribution in [0, 0.1) is 0 Å². The van der Waals surface area contributed by atoms with Crippen molar-refractivity contribution in [2.75, 3.05) is 19.9 Å². The zero-order valence-electron chi connectivity index (χ0n) is 11.3. The number of morpholine rings is 1. The topological polar surface area (TPSA) is 51.2 Å². The third-order valence-corrected chi connectivity index (χ3v) is 3.46. The fourth-order valence-corrected chi connectivity index (χ4v) is 2.75. The number of benzene rings is 1. The van der Waals surface area contributed by atoms with Crippen molar-refractivity contribution in [1.82, 2.24) is 4.90 Å². The molecule has 0 amide bonds. The normalized spacial score (nSPS) is 26.6. The molecule has 3 rings (SSSR count). The summed E-state index contributed by atoms with van der Waals surface area (Å²) in [4.78, 5) is 2.29. The predicted molar refractivity (Wildman–Crippen MR) is 69.5 cm³/mol. The van der Waals surface area contributed by atoms with Gasteiger partial charge in [0.1, 0.15) is 5.75 Å². The Hall–Kier alpha value is -1.46. The zero-order valence-corrected chi connectivity index (χ0v) is 11.3. The molecule has 1 saturated heterocycles. The van der Waals surface area contributed by atoms with Crippen molar-refractivity contribution in [3.63, 3.8) is 0 Å². The van der Waals surface area contributed by atoms with Crippen molar-refractivity contribution in [3.8, 4) is 17.2 Å². The summed E-state index contributed by atoms with van der Waals surface area (Å²) >= 11 is 0. The molecular formula is C14H19NO4. The minimum absolute atomic E-state index is 0.222. The molecule has 104 valence electrons. The SMILES string of the molecule is C[C@H]1CN(Cc2cc3c(cc2O)OCO3)C[C@H](C)O1. The van der Waals surface area contributed by atoms with Crippen LogP contribution in [0.1, 0.15) is 19.4 Å². The van der Waals surface area contributed by atoms with Gasteiger partial charge >= 0.3 is 0 Å². The second-order valence-corrected chi connectivity index (χ2v) is 5.29. The van der Waals surface area contributed by atoms with E-state index in [2.05, 4.69) is 18.7 Å². The molecule has 5 heteroatoms. The Bertz CT molecular complexity index is 467. The van der Waals surface area contributed by atoms with Gasteiger partial charge in [-0.1, -0.05) is 0 Å². The summed E-state index contributed by atoms with van der Waals surface area (Å²) in [6.07, 6.45) is 0.444. The van der Waals surface area contributed by atoms with Gasteiger partial charge in [0.05, 0.1) is 12.2 Å². The molecule has 2 atom stereocenters. The summed E-state index contributed by atoms with van der Waals surface area (Å²) in [5.41, 5.74) is 0.866. The molecule has 2 aliphatic heterocycles. The van der Waals surface area contributed by atoms with Gasteiger partial charge < -0.3 is 19.3 Å². The number of phenols is 1. The summed E-state index contributed by atoms with van der Waals surface area (Å²) in [6.45, 7) is 6.81. The van der Waals surface area contributed by atoms with Crippen LogP contribution in [0.4, 0.5) is 0 Å². The highest BCUT2D eigenvalue weighted by Crippen LogP contribution is 2.38. The van der Waals surface area contributed by atoms with Crippen molar-refractivity contribution in [3.05, 3.63) is 17.7 Å². The monoisotopic (exact) mass is 265 g/mol. The lowest BCUT2D eigenvalue weighted by Gasteiger charge is -2.35. The quantitative estimate of drug-likeness (QED) is 0.882. The van der Waals surface area contributed by atoms with Gasteiger partial charge in [-0.3, -0.25) is 4.90 Å². The van der Waals surface area contributed by atoms with Gasteiger partial charge in [-0.05, 0) is 19.9 Å². The maximum absolute atomic E-state index is 10.0. The summed E-state index contributed by atoms with van der Waals surface area (Å²) in [7, 11) is 0. The molecule has 1 aromatic carbocycles. The van der Waals surface area contributed by atoms with Crippen molar-refractivity contribution in [2.24, 2.45) is 0 Å². The average Bonchev–Trinajstić information content (AvgIpc) is 2.75. The van der Waals surface area contributed by atoms with Crippen LogP contribution in [0.5, 0.6) is 17.2 Å². The molecule has 0 aromatic heterocycles. The Morgan fingerprint density at radius 3 is 2.47 bits per heavy atom. The van der Waals surface area contributed by atoms with Crippen LogP contribution >= 0.6 is 0 Å². The summed E-state index contributed by atoms with van der Waals surface area (Å²) in [5.74, 6) is 1.59. The molecule has 5 nitrogen and oxygen atoms in total. The highest BCUT2D eigenvalue weighted by Gasteiger charge is 2.24. The van der Waals surface area contributed by atoms with E-state index < -0.39 is 0 Å². The van der Waals surface area contributed by atoms with Gasteiger partial charge in [-0.2, -0.15) is 0 Å². The number of phenolic OH excluding ortho intramolecular Hbond substituents is 1. The van der Waals surface area contributed by atoms with Gasteiger partial charge in [0.15, 0.2) is 11.5 Å². The van der Waals surface area contributed by atoms with Gasteiger partial charge in [-0.25, -0.2) is 0 Å². The number of hydrogen-bond donors (Lipinski definition) is 1. The molecule has 0 bridgehead atoms. The molecular weight excluding hydrogens is 246 g/mol. The van der Waals surface area contributed by atoms with Crippen molar-refractivity contribution < 1.29 is 19.3 Å². The van der Waals surface area contributed by atoms with Gasteiger partial charge in [0.2, 0.25) is 6.79 Å². The van der Waals surface area contributed by atoms with Crippen LogP contribution in [0.25, 0.3) is 0 Å². The van der Waals surface area contributed by atoms with E-state index in [1.165, 1.54) is 0 Å². The summed E-state index contributed by atoms with van der Waals surface area (Å²) < 4.78 is 16.3. The van der Waals surface area contributed by atoms with E-state index >= 15 is 0 Å². The van der Waals surface area contributed by atoms with Crippen molar-refractivity contribution in [2.45, 2.75) is 32.6 Å². The first-order chi connectivity index (χ1) is 9.11. The van der Waals surface area contributed by atoms with E-state index in [4.69, 9.17) is 14.2 Å². The van der Waals surface area contributed by atoms with Crippen LogP contribution in [-0.2, 0) is 11.3 Å². The Morgan fingerprint density at radius 1 is 1.16 bits per heavy atom. The third kappa shape index (κ3) is 2.62. The number of rotatable bonds is 2. The predicted octanol–water partition coefficient (Wildman–Crippen LogP) is 1.73. The molecule has 0 radical (unpaired) electrons. The van der Waals surface area contributed by atoms with E-state index in [1.807, 2.05) is 6.07 Å². The van der Waals surface area contributed by atoms with Crippen molar-refractivity contribution >= 4 is 0 Å². The minimum atomic E-state index is 0.222. The van der Waals surface area contributed by atoms with Gasteiger partial charge in [0.25, 0.3) is 0 Å². The molecule has 2 heterocycles. The Kier molecular flexibility index (Phi) is 3.24. The lowest BCUT2D eigenvalue weighted by Crippen LogP contribution is -2.44. The summed E-state index contributed by atoms with van der Waals surface area (Å²) in [6, 6.07) is 3.49. The molecule has 0 aliphatic carbocycles. The zero-order chi connectivity index (χ0) is 13.4. The van der Waals surface area contributed by atoms with E-state index in [0.29, 0.717) is 18.0 Å². The Balaban J connectivity index is 1.76. The molecule has 1 fully saturated rings. The van der Waals surface area contributed by atoms with Crippen LogP contribution in [0.2, 0.25) is 0 Å². The maximum Gasteiger partial charge on any atom is 0.231 e. The first kappa shape index (κ1) is 12.6. The molecule has 1 aromatic rings. The largest absolute Gasteiger partial charge is 0.507 e. The number of aromatic hydroxyl groups is 1. The first-order valence-electron chi connectivity index (χ1n) is 6.61. The van der Waals surface area contributed by atoms with Gasteiger partial charge in [0, 0.05) is 31.3 Å². The minimum Gasteiger partial charge on any atom is -0.507 e. The van der Waals surface area contributed by atoms with Gasteiger partial charge in [-0.15, -0.1) is 0 Å². The standard InChI is InChI=1S/C14H19NO4/c1-9-5-15(6-10(2)19-9)7-11-3-13-14(4-12(11)16)18-8-17-13/h3-4,9-10,16H,5-8H2,1-2H3/t9-,10-/m0/s1. The third-order valence-electron chi connectivity index (χ3n) is 3.46. The van der Waals surface area contributed by atoms with E-state index in [-0.39, 0.29) is 24.8 Å². The molecule has 1 N–H and O–H groups in total. The number of nitrogens with zero attached hydrogens (tertiary/aromatic N) is 1. The van der Waals surface area contributed by atoms with Crippen LogP contribution in [0.15, 0.2) is 12.1 Å². The van der Waals surface area contributed by atoms with Crippen LogP contribution in [-0.4, -0.2) is 42.1 Å². The molecule has 0 saturated carbocycles. The van der Waals surface area contributed by atoms with E-state index in [9.17, 15) is 5.11 Å². The second-order valence-electron chi connectivity index (χ2n) is 5.29. The Morgan fingerprint density at radius 2 is 1.79 bits per heavy atom. The van der Waals surface area contributed by atoms with E-state index in [0.717, 1.165) is 18.7 Å². The van der Waals surface area contributed by atoms with Crippen LogP contribution in [0.3, 0.4) is 0 Å². The highest BCUT2D eigenvalue weighted by atomic mass is 16.7. The van der Waals surface area contributed by atoms with E-state index in [1.54, 1.807) is 6.07 Å². The number of ether oxygens (including phenoxy) is 3. The number of hydrogen-bond acceptors (Lipinski definition) is 5. The summed E-state index contributed by atoms with van der Waals surface area (Å²) in [5, 5.41) is 10.0. The lowest BCUT2D eigenvalue weighted by atomic mass is 10.1. The van der Waals surface area contributed by atoms with Crippen molar-refractivity contribution in [1.29, 1.82) is 0 Å². The number of fused-ring (bicyclic) bond motifs is 1. The lowest BCUT2D eigenvalue weighted by molar-refractivity contribution is -0.0706. The molecule has 0 spiro atoms. The average molecular weight is 265 g/mol. The first-order valence-corrected chi connectivity index (χ1v) is 6.61. The Labute approximate surface area is 112 Å².